The normalized spacial score (nSPS) is 19.9. The molecule has 132 valence electrons. The average molecular weight is 359 g/mol. The van der Waals surface area contributed by atoms with Crippen LogP contribution in [0.5, 0.6) is 0 Å². The number of nitrogens with one attached hydrogen (secondary N) is 2. The minimum Gasteiger partial charge on any atom is -0.379 e. The number of allylic oxidation sites excluding steroid dienone is 1. The van der Waals surface area contributed by atoms with E-state index < -0.39 is 0 Å². The van der Waals surface area contributed by atoms with Gasteiger partial charge in [0.15, 0.2) is 4.77 Å². The molecule has 1 aliphatic carbocycles. The van der Waals surface area contributed by atoms with Crippen LogP contribution in [0.25, 0.3) is 10.9 Å². The van der Waals surface area contributed by atoms with Crippen LogP contribution in [-0.4, -0.2) is 34.7 Å². The maximum absolute atomic E-state index is 12.5. The fraction of sp³-hybridized carbons (Fsp3) is 0.389. The van der Waals surface area contributed by atoms with Crippen molar-refractivity contribution in [1.29, 1.82) is 0 Å². The van der Waals surface area contributed by atoms with Crippen LogP contribution in [0.3, 0.4) is 0 Å². The van der Waals surface area contributed by atoms with Gasteiger partial charge in [0.1, 0.15) is 0 Å². The van der Waals surface area contributed by atoms with Gasteiger partial charge in [0.05, 0.1) is 23.0 Å². The summed E-state index contributed by atoms with van der Waals surface area (Å²) in [6, 6.07) is 4.99. The molecule has 0 radical (unpaired) electrons. The molecule has 7 heteroatoms. The summed E-state index contributed by atoms with van der Waals surface area (Å²) in [5.41, 5.74) is 0.847. The van der Waals surface area contributed by atoms with Crippen LogP contribution in [0.4, 0.5) is 0 Å². The van der Waals surface area contributed by atoms with E-state index in [1.165, 1.54) is 4.57 Å². The Morgan fingerprint density at radius 2 is 2.32 bits per heavy atom. The molecule has 0 saturated heterocycles. The van der Waals surface area contributed by atoms with Crippen molar-refractivity contribution in [2.24, 2.45) is 0 Å². The molecule has 2 atom stereocenters. The first kappa shape index (κ1) is 17.6. The number of amides is 1. The number of H-pyrrole nitrogens is 1. The van der Waals surface area contributed by atoms with E-state index in [9.17, 15) is 9.59 Å². The lowest BCUT2D eigenvalue weighted by Crippen LogP contribution is -2.40. The van der Waals surface area contributed by atoms with Crippen molar-refractivity contribution in [1.82, 2.24) is 14.9 Å². The van der Waals surface area contributed by atoms with Gasteiger partial charge in [-0.05, 0) is 49.7 Å². The minimum absolute atomic E-state index is 0.0206. The van der Waals surface area contributed by atoms with Crippen molar-refractivity contribution < 1.29 is 9.53 Å². The monoisotopic (exact) mass is 359 g/mol. The zero-order chi connectivity index (χ0) is 18.0. The highest BCUT2D eigenvalue weighted by Crippen LogP contribution is 2.22. The number of hydrogen-bond acceptors (Lipinski definition) is 4. The van der Waals surface area contributed by atoms with Gasteiger partial charge in [-0.1, -0.05) is 6.08 Å². The van der Waals surface area contributed by atoms with E-state index in [-0.39, 0.29) is 23.6 Å². The van der Waals surface area contributed by atoms with Gasteiger partial charge in [0.2, 0.25) is 0 Å². The Morgan fingerprint density at radius 3 is 3.04 bits per heavy atom. The largest absolute Gasteiger partial charge is 0.379 e. The van der Waals surface area contributed by atoms with E-state index >= 15 is 0 Å². The van der Waals surface area contributed by atoms with Crippen molar-refractivity contribution in [2.45, 2.75) is 38.0 Å². The number of benzene rings is 1. The molecule has 1 saturated carbocycles. The number of aromatic nitrogens is 2. The molecule has 3 rings (SSSR count). The molecule has 0 spiro atoms. The molecule has 1 aromatic carbocycles. The van der Waals surface area contributed by atoms with Crippen molar-refractivity contribution in [3.63, 3.8) is 0 Å². The quantitative estimate of drug-likeness (QED) is 0.635. The van der Waals surface area contributed by atoms with Crippen molar-refractivity contribution in [3.05, 3.63) is 51.5 Å². The standard InChI is InChI=1S/C18H21N3O3S/c1-3-9-21-17(23)12-8-7-11(10-14(12)20-18(21)25)16(22)19-13-5-4-6-15(13)24-2/h3,7-8,10,13,15H,1,4-6,9H2,2H3,(H,19,22)(H,20,25)/t13-,15-/m0/s1. The van der Waals surface area contributed by atoms with Crippen LogP contribution in [-0.2, 0) is 11.3 Å². The fourth-order valence-electron chi connectivity index (χ4n) is 3.32. The molecule has 1 aliphatic rings. The average Bonchev–Trinajstić information content (AvgIpc) is 3.05. The Hall–Kier alpha value is -2.25. The van der Waals surface area contributed by atoms with Crippen LogP contribution >= 0.6 is 12.2 Å². The van der Waals surface area contributed by atoms with Crippen LogP contribution < -0.4 is 10.9 Å². The molecular formula is C18H21N3O3S. The number of methoxy groups -OCH3 is 1. The first-order valence-electron chi connectivity index (χ1n) is 8.26. The van der Waals surface area contributed by atoms with Gasteiger partial charge < -0.3 is 15.0 Å². The number of carbonyl (C=O) groups excluding carboxylic acids is 1. The third-order valence-corrected chi connectivity index (χ3v) is 4.95. The summed E-state index contributed by atoms with van der Waals surface area (Å²) < 4.78 is 7.16. The first-order chi connectivity index (χ1) is 12.0. The van der Waals surface area contributed by atoms with Crippen molar-refractivity contribution in [2.75, 3.05) is 7.11 Å². The number of carbonyl (C=O) groups is 1. The predicted molar refractivity (Wildman–Crippen MR) is 99.5 cm³/mol. The first-order valence-corrected chi connectivity index (χ1v) is 8.67. The number of nitrogens with zero attached hydrogens (tertiary/aromatic N) is 1. The molecule has 2 N–H and O–H groups in total. The smallest absolute Gasteiger partial charge is 0.262 e. The summed E-state index contributed by atoms with van der Waals surface area (Å²) in [5, 5.41) is 3.51. The Bertz CT molecular complexity index is 931. The van der Waals surface area contributed by atoms with E-state index in [1.807, 2.05) is 0 Å². The lowest BCUT2D eigenvalue weighted by atomic mass is 10.1. The van der Waals surface area contributed by atoms with Gasteiger partial charge in [0.25, 0.3) is 11.5 Å². The van der Waals surface area contributed by atoms with Gasteiger partial charge in [-0.2, -0.15) is 0 Å². The molecule has 1 amide bonds. The molecule has 0 unspecified atom stereocenters. The number of aromatic amines is 1. The third-order valence-electron chi connectivity index (χ3n) is 4.63. The second-order valence-corrected chi connectivity index (χ2v) is 6.57. The molecule has 0 aliphatic heterocycles. The fourth-order valence-corrected chi connectivity index (χ4v) is 3.58. The van der Waals surface area contributed by atoms with Gasteiger partial charge >= 0.3 is 0 Å². The molecule has 6 nitrogen and oxygen atoms in total. The third kappa shape index (κ3) is 3.43. The minimum atomic E-state index is -0.194. The van der Waals surface area contributed by atoms with E-state index in [1.54, 1.807) is 31.4 Å². The van der Waals surface area contributed by atoms with E-state index in [0.29, 0.717) is 27.8 Å². The van der Waals surface area contributed by atoms with Gasteiger partial charge in [-0.15, -0.1) is 6.58 Å². The highest BCUT2D eigenvalue weighted by atomic mass is 32.1. The number of fused-ring (bicyclic) bond motifs is 1. The summed E-state index contributed by atoms with van der Waals surface area (Å²) in [6.07, 6.45) is 4.58. The second kappa shape index (κ2) is 7.33. The summed E-state index contributed by atoms with van der Waals surface area (Å²) >= 11 is 5.23. The molecule has 0 bridgehead atoms. The van der Waals surface area contributed by atoms with Crippen LogP contribution in [0.1, 0.15) is 29.6 Å². The SMILES string of the molecule is C=CCn1c(=S)[nH]c2cc(C(=O)N[C@H]3CCC[C@@H]3OC)ccc2c1=O. The molecule has 25 heavy (non-hydrogen) atoms. The maximum atomic E-state index is 12.5. The zero-order valence-corrected chi connectivity index (χ0v) is 14.9. The van der Waals surface area contributed by atoms with Crippen LogP contribution in [0.15, 0.2) is 35.6 Å². The summed E-state index contributed by atoms with van der Waals surface area (Å²) in [4.78, 5) is 28.1. The molecule has 1 aromatic heterocycles. The second-order valence-electron chi connectivity index (χ2n) is 6.18. The molecule has 1 heterocycles. The van der Waals surface area contributed by atoms with Gasteiger partial charge in [-0.25, -0.2) is 0 Å². The Morgan fingerprint density at radius 1 is 1.52 bits per heavy atom. The number of rotatable bonds is 5. The maximum Gasteiger partial charge on any atom is 0.262 e. The van der Waals surface area contributed by atoms with Crippen molar-refractivity contribution in [3.8, 4) is 0 Å². The summed E-state index contributed by atoms with van der Waals surface area (Å²) in [6.45, 7) is 3.97. The molecule has 1 fully saturated rings. The lowest BCUT2D eigenvalue weighted by Gasteiger charge is -2.19. The van der Waals surface area contributed by atoms with Crippen LogP contribution in [0, 0.1) is 4.77 Å². The molecule has 2 aromatic rings. The van der Waals surface area contributed by atoms with E-state index in [0.717, 1.165) is 19.3 Å². The highest BCUT2D eigenvalue weighted by Gasteiger charge is 2.28. The van der Waals surface area contributed by atoms with Gasteiger partial charge in [-0.3, -0.25) is 14.2 Å². The summed E-state index contributed by atoms with van der Waals surface area (Å²) in [7, 11) is 1.67. The number of hydrogen-bond donors (Lipinski definition) is 2. The predicted octanol–water partition coefficient (Wildman–Crippen LogP) is 2.54. The van der Waals surface area contributed by atoms with Gasteiger partial charge in [0, 0.05) is 19.2 Å². The zero-order valence-electron chi connectivity index (χ0n) is 14.1. The molecular weight excluding hydrogens is 338 g/mol. The topological polar surface area (TPSA) is 76.1 Å². The number of ether oxygens (including phenoxy) is 1. The Balaban J connectivity index is 1.92. The highest BCUT2D eigenvalue weighted by molar-refractivity contribution is 7.71. The Labute approximate surface area is 150 Å². The lowest BCUT2D eigenvalue weighted by molar-refractivity contribution is 0.0722. The van der Waals surface area contributed by atoms with Crippen LogP contribution in [0.2, 0.25) is 0 Å². The van der Waals surface area contributed by atoms with E-state index in [2.05, 4.69) is 16.9 Å². The van der Waals surface area contributed by atoms with Crippen molar-refractivity contribution >= 4 is 29.0 Å². The van der Waals surface area contributed by atoms with E-state index in [4.69, 9.17) is 17.0 Å². The summed E-state index contributed by atoms with van der Waals surface area (Å²) in [5.74, 6) is -0.176. The Kier molecular flexibility index (Phi) is 5.15.